The van der Waals surface area contributed by atoms with Crippen LogP contribution in [0.15, 0.2) is 60.7 Å². The van der Waals surface area contributed by atoms with E-state index in [2.05, 4.69) is 20.7 Å². The highest BCUT2D eigenvalue weighted by Crippen LogP contribution is 2.29. The van der Waals surface area contributed by atoms with Crippen LogP contribution in [0.2, 0.25) is 5.02 Å². The van der Waals surface area contributed by atoms with Crippen LogP contribution in [0.5, 0.6) is 0 Å². The quantitative estimate of drug-likeness (QED) is 0.266. The van der Waals surface area contributed by atoms with Crippen molar-refractivity contribution in [2.75, 3.05) is 11.1 Å². The number of hydrogen-bond acceptors (Lipinski definition) is 6. The van der Waals surface area contributed by atoms with E-state index >= 15 is 0 Å². The zero-order valence-electron chi connectivity index (χ0n) is 21.1. The predicted octanol–water partition coefficient (Wildman–Crippen LogP) is 4.73. The number of nitrogens with zero attached hydrogens (tertiary/aromatic N) is 3. The number of benzene rings is 2. The van der Waals surface area contributed by atoms with Crippen molar-refractivity contribution in [2.24, 2.45) is 0 Å². The summed E-state index contributed by atoms with van der Waals surface area (Å²) in [6, 6.07) is 15.0. The number of nitrogens with one attached hydrogen (secondary N) is 2. The first-order valence-corrected chi connectivity index (χ1v) is 12.9. The van der Waals surface area contributed by atoms with Gasteiger partial charge >= 0.3 is 0 Å². The molecule has 1 aliphatic rings. The Morgan fingerprint density at radius 3 is 2.42 bits per heavy atom. The Morgan fingerprint density at radius 1 is 0.975 bits per heavy atom. The SMILES string of the molecule is Nc1nc(-c2ccc(Cl)c(C(=O)Nc3cc(C(=O)N[C@H]4CC[C@@H](O)CC4)nn3-c3ccccc3)c2)c(F)cc1F. The molecule has 2 amide bonds. The summed E-state index contributed by atoms with van der Waals surface area (Å²) in [6.07, 6.45) is 2.16. The molecule has 2 aromatic heterocycles. The molecule has 0 atom stereocenters. The van der Waals surface area contributed by atoms with E-state index in [1.165, 1.54) is 28.9 Å². The summed E-state index contributed by atoms with van der Waals surface area (Å²) < 4.78 is 29.5. The van der Waals surface area contributed by atoms with Crippen LogP contribution in [-0.2, 0) is 0 Å². The van der Waals surface area contributed by atoms with Crippen molar-refractivity contribution in [2.45, 2.75) is 37.8 Å². The van der Waals surface area contributed by atoms with Crippen LogP contribution < -0.4 is 16.4 Å². The van der Waals surface area contributed by atoms with E-state index in [4.69, 9.17) is 17.3 Å². The fourth-order valence-electron chi connectivity index (χ4n) is 4.54. The van der Waals surface area contributed by atoms with Gasteiger partial charge in [-0.3, -0.25) is 9.59 Å². The third-order valence-corrected chi connectivity index (χ3v) is 6.99. The minimum absolute atomic E-state index is 0.0177. The Labute approximate surface area is 233 Å². The van der Waals surface area contributed by atoms with Crippen molar-refractivity contribution in [3.63, 3.8) is 0 Å². The summed E-state index contributed by atoms with van der Waals surface area (Å²) in [5, 5.41) is 19.9. The maximum absolute atomic E-state index is 14.4. The fraction of sp³-hybridized carbons (Fsp3) is 0.214. The normalized spacial score (nSPS) is 16.9. The lowest BCUT2D eigenvalue weighted by atomic mass is 9.93. The second-order valence-corrected chi connectivity index (χ2v) is 9.88. The number of pyridine rings is 1. The van der Waals surface area contributed by atoms with Gasteiger partial charge in [0.1, 0.15) is 11.5 Å². The topological polar surface area (TPSA) is 135 Å². The van der Waals surface area contributed by atoms with E-state index in [1.54, 1.807) is 24.3 Å². The van der Waals surface area contributed by atoms with Gasteiger partial charge in [0, 0.05) is 23.7 Å². The minimum atomic E-state index is -0.997. The van der Waals surface area contributed by atoms with Crippen LogP contribution in [0.3, 0.4) is 0 Å². The van der Waals surface area contributed by atoms with Gasteiger partial charge in [-0.25, -0.2) is 18.4 Å². The number of hydrogen-bond donors (Lipinski definition) is 4. The number of anilines is 2. The fourth-order valence-corrected chi connectivity index (χ4v) is 4.74. The molecular weight excluding hydrogens is 542 g/mol. The third-order valence-electron chi connectivity index (χ3n) is 6.66. The van der Waals surface area contributed by atoms with Crippen molar-refractivity contribution in [1.29, 1.82) is 0 Å². The number of rotatable bonds is 6. The number of aliphatic hydroxyl groups excluding tert-OH is 1. The average Bonchev–Trinajstić information content (AvgIpc) is 3.36. The van der Waals surface area contributed by atoms with Crippen molar-refractivity contribution < 1.29 is 23.5 Å². The minimum Gasteiger partial charge on any atom is -0.393 e. The van der Waals surface area contributed by atoms with Crippen molar-refractivity contribution in [1.82, 2.24) is 20.1 Å². The number of aliphatic hydroxyl groups is 1. The van der Waals surface area contributed by atoms with Crippen molar-refractivity contribution in [3.05, 3.63) is 88.6 Å². The summed E-state index contributed by atoms with van der Waals surface area (Å²) in [5.74, 6) is -3.32. The molecule has 0 radical (unpaired) electrons. The standard InChI is InChI=1S/C28H25ClF2N6O3/c29-20-11-6-15(25-21(30)13-22(31)26(32)35-25)12-19(20)27(39)34-24-14-23(36-37(24)17-4-2-1-3-5-17)28(40)33-16-7-9-18(38)10-8-16/h1-6,11-14,16,18,38H,7-10H2,(H2,32,35)(H,33,40)(H,34,39)/t16-,18+. The molecule has 1 saturated carbocycles. The zero-order valence-corrected chi connectivity index (χ0v) is 21.8. The van der Waals surface area contributed by atoms with Crippen molar-refractivity contribution >= 4 is 35.1 Å². The molecule has 0 aliphatic heterocycles. The molecule has 0 bridgehead atoms. The first kappa shape index (κ1) is 27.2. The highest BCUT2D eigenvalue weighted by atomic mass is 35.5. The number of carbonyl (C=O) groups excluding carboxylic acids is 2. The molecule has 12 heteroatoms. The van der Waals surface area contributed by atoms with E-state index < -0.39 is 29.3 Å². The summed E-state index contributed by atoms with van der Waals surface area (Å²) in [5.41, 5.74) is 6.08. The Morgan fingerprint density at radius 2 is 1.70 bits per heavy atom. The molecule has 1 fully saturated rings. The molecule has 5 N–H and O–H groups in total. The molecule has 5 rings (SSSR count). The molecule has 206 valence electrons. The second kappa shape index (κ2) is 11.4. The van der Waals surface area contributed by atoms with Gasteiger partial charge in [-0.1, -0.05) is 35.9 Å². The maximum atomic E-state index is 14.4. The van der Waals surface area contributed by atoms with Gasteiger partial charge in [0.05, 0.1) is 22.4 Å². The van der Waals surface area contributed by atoms with Gasteiger partial charge in [-0.05, 0) is 49.9 Å². The summed E-state index contributed by atoms with van der Waals surface area (Å²) in [6.45, 7) is 0. The molecule has 2 heterocycles. The lowest BCUT2D eigenvalue weighted by Crippen LogP contribution is -2.38. The van der Waals surface area contributed by atoms with Crippen LogP contribution in [0.1, 0.15) is 46.5 Å². The third kappa shape index (κ3) is 5.80. The van der Waals surface area contributed by atoms with Gasteiger partial charge in [0.2, 0.25) is 0 Å². The number of carbonyl (C=O) groups is 2. The van der Waals surface area contributed by atoms with Gasteiger partial charge < -0.3 is 21.5 Å². The molecule has 0 spiro atoms. The molecule has 9 nitrogen and oxygen atoms in total. The first-order valence-electron chi connectivity index (χ1n) is 12.6. The average molecular weight is 567 g/mol. The largest absolute Gasteiger partial charge is 0.393 e. The number of aromatic nitrogens is 3. The smallest absolute Gasteiger partial charge is 0.272 e. The number of nitrogen functional groups attached to an aromatic ring is 1. The van der Waals surface area contributed by atoms with E-state index in [9.17, 15) is 23.5 Å². The number of amides is 2. The van der Waals surface area contributed by atoms with E-state index in [-0.39, 0.29) is 45.5 Å². The van der Waals surface area contributed by atoms with E-state index in [0.29, 0.717) is 37.4 Å². The Hall–Kier alpha value is -4.35. The summed E-state index contributed by atoms with van der Waals surface area (Å²) in [4.78, 5) is 30.2. The monoisotopic (exact) mass is 566 g/mol. The summed E-state index contributed by atoms with van der Waals surface area (Å²) >= 11 is 6.31. The van der Waals surface area contributed by atoms with Crippen LogP contribution in [0.25, 0.3) is 16.9 Å². The van der Waals surface area contributed by atoms with Gasteiger partial charge in [-0.15, -0.1) is 0 Å². The lowest BCUT2D eigenvalue weighted by molar-refractivity contribution is 0.0862. The Balaban J connectivity index is 1.44. The molecule has 0 unspecified atom stereocenters. The highest BCUT2D eigenvalue weighted by Gasteiger charge is 2.24. The molecule has 0 saturated heterocycles. The van der Waals surface area contributed by atoms with Crippen LogP contribution in [0, 0.1) is 11.6 Å². The van der Waals surface area contributed by atoms with Crippen LogP contribution in [-0.4, -0.2) is 43.8 Å². The number of nitrogens with two attached hydrogens (primary N) is 1. The molecule has 40 heavy (non-hydrogen) atoms. The molecule has 2 aromatic carbocycles. The maximum Gasteiger partial charge on any atom is 0.272 e. The summed E-state index contributed by atoms with van der Waals surface area (Å²) in [7, 11) is 0. The Kier molecular flexibility index (Phi) is 7.76. The van der Waals surface area contributed by atoms with Crippen LogP contribution >= 0.6 is 11.6 Å². The Bertz CT molecular complexity index is 1570. The van der Waals surface area contributed by atoms with Crippen molar-refractivity contribution in [3.8, 4) is 16.9 Å². The molecule has 1 aliphatic carbocycles. The van der Waals surface area contributed by atoms with Gasteiger partial charge in [-0.2, -0.15) is 5.10 Å². The number of halogens is 3. The molecular formula is C28H25ClF2N6O3. The van der Waals surface area contributed by atoms with E-state index in [1.807, 2.05) is 6.07 Å². The zero-order chi connectivity index (χ0) is 28.4. The van der Waals surface area contributed by atoms with Gasteiger partial charge in [0.25, 0.3) is 11.8 Å². The predicted molar refractivity (Wildman–Crippen MR) is 146 cm³/mol. The first-order chi connectivity index (χ1) is 19.2. The second-order valence-electron chi connectivity index (χ2n) is 9.48. The number of para-hydroxylation sites is 1. The lowest BCUT2D eigenvalue weighted by Gasteiger charge is -2.25. The van der Waals surface area contributed by atoms with Crippen LogP contribution in [0.4, 0.5) is 20.4 Å². The van der Waals surface area contributed by atoms with Gasteiger partial charge in [0.15, 0.2) is 23.1 Å². The molecule has 4 aromatic rings. The van der Waals surface area contributed by atoms with E-state index in [0.717, 1.165) is 0 Å². The highest BCUT2D eigenvalue weighted by molar-refractivity contribution is 6.34.